The zero-order chi connectivity index (χ0) is 10.7. The summed E-state index contributed by atoms with van der Waals surface area (Å²) in [5.74, 6) is 0. The molecule has 0 atom stereocenters. The monoisotopic (exact) mass is 330 g/mol. The van der Waals surface area contributed by atoms with Crippen molar-refractivity contribution < 1.29 is 0 Å². The first-order chi connectivity index (χ1) is 7.29. The van der Waals surface area contributed by atoms with E-state index in [-0.39, 0.29) is 0 Å². The first-order valence-electron chi connectivity index (χ1n) is 4.70. The van der Waals surface area contributed by atoms with Gasteiger partial charge in [0.2, 0.25) is 0 Å². The van der Waals surface area contributed by atoms with Gasteiger partial charge in [-0.1, -0.05) is 12.1 Å². The summed E-state index contributed by atoms with van der Waals surface area (Å²) < 4.78 is 1.23. The van der Waals surface area contributed by atoms with Crippen molar-refractivity contribution in [2.24, 2.45) is 5.73 Å². The molecule has 1 aromatic carbocycles. The highest BCUT2D eigenvalue weighted by Crippen LogP contribution is 2.23. The van der Waals surface area contributed by atoms with Gasteiger partial charge in [-0.2, -0.15) is 0 Å². The number of hydrogen-bond acceptors (Lipinski definition) is 3. The zero-order valence-corrected chi connectivity index (χ0v) is 11.1. The summed E-state index contributed by atoms with van der Waals surface area (Å²) >= 11 is 3.99. The highest BCUT2D eigenvalue weighted by molar-refractivity contribution is 14.1. The quantitative estimate of drug-likeness (QED) is 0.879. The lowest BCUT2D eigenvalue weighted by Crippen LogP contribution is -2.01. The molecule has 0 unspecified atom stereocenters. The third kappa shape index (κ3) is 2.76. The molecule has 2 rings (SSSR count). The molecule has 2 nitrogen and oxygen atoms in total. The number of benzene rings is 1. The maximum absolute atomic E-state index is 5.50. The van der Waals surface area contributed by atoms with E-state index in [0.29, 0.717) is 6.54 Å². The standard InChI is InChI=1S/C11H11IN2S/c12-9-3-1-2-8(6-9)10-7-15-11(14-10)4-5-13/h1-3,6-7H,4-5,13H2. The molecule has 0 spiro atoms. The summed E-state index contributed by atoms with van der Waals surface area (Å²) in [7, 11) is 0. The molecule has 4 heteroatoms. The van der Waals surface area contributed by atoms with Gasteiger partial charge in [0.05, 0.1) is 10.7 Å². The van der Waals surface area contributed by atoms with Gasteiger partial charge in [-0.25, -0.2) is 4.98 Å². The Morgan fingerprint density at radius 1 is 1.40 bits per heavy atom. The van der Waals surface area contributed by atoms with Crippen LogP contribution in [0.1, 0.15) is 5.01 Å². The van der Waals surface area contributed by atoms with Crippen LogP contribution >= 0.6 is 33.9 Å². The summed E-state index contributed by atoms with van der Waals surface area (Å²) in [6.45, 7) is 0.666. The number of nitrogens with two attached hydrogens (primary N) is 1. The van der Waals surface area contributed by atoms with Crippen molar-refractivity contribution in [1.29, 1.82) is 0 Å². The number of thiazole rings is 1. The lowest BCUT2D eigenvalue weighted by Gasteiger charge is -1.96. The van der Waals surface area contributed by atoms with Crippen molar-refractivity contribution in [3.63, 3.8) is 0 Å². The van der Waals surface area contributed by atoms with Crippen LogP contribution in [0.4, 0.5) is 0 Å². The Kier molecular flexibility index (Phi) is 3.71. The van der Waals surface area contributed by atoms with Crippen molar-refractivity contribution in [3.05, 3.63) is 38.2 Å². The Bertz CT molecular complexity index is 453. The lowest BCUT2D eigenvalue weighted by molar-refractivity contribution is 0.954. The van der Waals surface area contributed by atoms with Gasteiger partial charge in [0.15, 0.2) is 0 Å². The minimum Gasteiger partial charge on any atom is -0.330 e. The fraction of sp³-hybridized carbons (Fsp3) is 0.182. The maximum atomic E-state index is 5.50. The van der Waals surface area contributed by atoms with Crippen LogP contribution < -0.4 is 5.73 Å². The average Bonchev–Trinajstić information content (AvgIpc) is 2.67. The highest BCUT2D eigenvalue weighted by Gasteiger charge is 2.03. The van der Waals surface area contributed by atoms with E-state index in [9.17, 15) is 0 Å². The van der Waals surface area contributed by atoms with Crippen LogP contribution in [-0.2, 0) is 6.42 Å². The van der Waals surface area contributed by atoms with Crippen LogP contribution in [0.25, 0.3) is 11.3 Å². The molecule has 1 heterocycles. The van der Waals surface area contributed by atoms with Gasteiger partial charge in [0.1, 0.15) is 0 Å². The number of hydrogen-bond donors (Lipinski definition) is 1. The summed E-state index contributed by atoms with van der Waals surface area (Å²) in [6.07, 6.45) is 0.870. The second-order valence-corrected chi connectivity index (χ2v) is 5.36. The van der Waals surface area contributed by atoms with E-state index in [4.69, 9.17) is 5.73 Å². The number of halogens is 1. The minimum absolute atomic E-state index is 0.666. The Morgan fingerprint density at radius 2 is 2.27 bits per heavy atom. The van der Waals surface area contributed by atoms with Crippen LogP contribution in [0.3, 0.4) is 0 Å². The Morgan fingerprint density at radius 3 is 3.00 bits per heavy atom. The van der Waals surface area contributed by atoms with Crippen LogP contribution in [0.15, 0.2) is 29.6 Å². The molecule has 0 saturated carbocycles. The molecule has 2 aromatic rings. The average molecular weight is 330 g/mol. The fourth-order valence-corrected chi connectivity index (χ4v) is 2.70. The van der Waals surface area contributed by atoms with Gasteiger partial charge in [0, 0.05) is 20.9 Å². The third-order valence-corrected chi connectivity index (χ3v) is 3.61. The zero-order valence-electron chi connectivity index (χ0n) is 8.11. The van der Waals surface area contributed by atoms with Crippen LogP contribution in [0.2, 0.25) is 0 Å². The molecule has 0 aliphatic carbocycles. The molecule has 0 fully saturated rings. The van der Waals surface area contributed by atoms with E-state index in [1.165, 1.54) is 9.13 Å². The van der Waals surface area contributed by atoms with E-state index < -0.39 is 0 Å². The fourth-order valence-electron chi connectivity index (χ4n) is 1.33. The van der Waals surface area contributed by atoms with Crippen molar-refractivity contribution in [3.8, 4) is 11.3 Å². The predicted octanol–water partition coefficient (Wildman–Crippen LogP) is 2.92. The van der Waals surface area contributed by atoms with E-state index in [1.807, 2.05) is 0 Å². The minimum atomic E-state index is 0.666. The molecule has 0 amide bonds. The molecule has 78 valence electrons. The lowest BCUT2D eigenvalue weighted by atomic mass is 10.2. The second-order valence-electron chi connectivity index (χ2n) is 3.18. The second kappa shape index (κ2) is 5.05. The highest BCUT2D eigenvalue weighted by atomic mass is 127. The molecule has 0 saturated heterocycles. The smallest absolute Gasteiger partial charge is 0.0945 e. The normalized spacial score (nSPS) is 10.5. The third-order valence-electron chi connectivity index (χ3n) is 2.03. The summed E-state index contributed by atoms with van der Waals surface area (Å²) in [6, 6.07) is 8.36. The van der Waals surface area contributed by atoms with E-state index in [0.717, 1.165) is 17.1 Å². The Hall–Kier alpha value is -0.460. The maximum Gasteiger partial charge on any atom is 0.0945 e. The molecule has 2 N–H and O–H groups in total. The van der Waals surface area contributed by atoms with Gasteiger partial charge in [-0.05, 0) is 41.3 Å². The van der Waals surface area contributed by atoms with Gasteiger partial charge in [0.25, 0.3) is 0 Å². The Balaban J connectivity index is 2.29. The predicted molar refractivity (Wildman–Crippen MR) is 73.0 cm³/mol. The van der Waals surface area contributed by atoms with Crippen LogP contribution in [0, 0.1) is 3.57 Å². The SMILES string of the molecule is NCCc1nc(-c2cccc(I)c2)cs1. The van der Waals surface area contributed by atoms with Crippen molar-refractivity contribution in [2.45, 2.75) is 6.42 Å². The first-order valence-corrected chi connectivity index (χ1v) is 6.66. The van der Waals surface area contributed by atoms with Crippen molar-refractivity contribution in [2.75, 3.05) is 6.54 Å². The van der Waals surface area contributed by atoms with Gasteiger partial charge < -0.3 is 5.73 Å². The molecule has 0 aliphatic heterocycles. The Labute approximate surface area is 107 Å². The van der Waals surface area contributed by atoms with Gasteiger partial charge >= 0.3 is 0 Å². The molecular formula is C11H11IN2S. The van der Waals surface area contributed by atoms with Crippen LogP contribution in [0.5, 0.6) is 0 Å². The first kappa shape index (κ1) is 11.0. The molecule has 0 aliphatic rings. The largest absolute Gasteiger partial charge is 0.330 e. The van der Waals surface area contributed by atoms with E-state index in [2.05, 4.69) is 57.2 Å². The van der Waals surface area contributed by atoms with Gasteiger partial charge in [-0.3, -0.25) is 0 Å². The van der Waals surface area contributed by atoms with E-state index >= 15 is 0 Å². The van der Waals surface area contributed by atoms with Crippen LogP contribution in [-0.4, -0.2) is 11.5 Å². The number of aromatic nitrogens is 1. The van der Waals surface area contributed by atoms with Gasteiger partial charge in [-0.15, -0.1) is 11.3 Å². The number of nitrogens with zero attached hydrogens (tertiary/aromatic N) is 1. The summed E-state index contributed by atoms with van der Waals surface area (Å²) in [5, 5.41) is 3.21. The molecule has 15 heavy (non-hydrogen) atoms. The molecule has 1 aromatic heterocycles. The summed E-state index contributed by atoms with van der Waals surface area (Å²) in [4.78, 5) is 4.55. The van der Waals surface area contributed by atoms with E-state index in [1.54, 1.807) is 11.3 Å². The molecular weight excluding hydrogens is 319 g/mol. The van der Waals surface area contributed by atoms with Crippen molar-refractivity contribution >= 4 is 33.9 Å². The van der Waals surface area contributed by atoms with Crippen molar-refractivity contribution in [1.82, 2.24) is 4.98 Å². The summed E-state index contributed by atoms with van der Waals surface area (Å²) in [5.41, 5.74) is 7.74. The number of rotatable bonds is 3. The molecule has 0 bridgehead atoms. The topological polar surface area (TPSA) is 38.9 Å². The molecule has 0 radical (unpaired) electrons.